The summed E-state index contributed by atoms with van der Waals surface area (Å²) in [5, 5.41) is 20.8. The monoisotopic (exact) mass is 615 g/mol. The summed E-state index contributed by atoms with van der Waals surface area (Å²) in [4.78, 5) is 43.4. The molecule has 0 saturated heterocycles. The summed E-state index contributed by atoms with van der Waals surface area (Å²) in [6.45, 7) is 1.35. The molecule has 0 saturated carbocycles. The van der Waals surface area contributed by atoms with Gasteiger partial charge in [0.2, 0.25) is 5.91 Å². The van der Waals surface area contributed by atoms with Crippen LogP contribution in [0.4, 0.5) is 0 Å². The Kier molecular flexibility index (Phi) is 24.5. The number of aliphatic carboxylic acids is 1. The lowest BCUT2D eigenvalue weighted by molar-refractivity contribution is -0.147. The van der Waals surface area contributed by atoms with Crippen LogP contribution in [-0.4, -0.2) is 64.9 Å². The number of phosphoric acid groups is 1. The van der Waals surface area contributed by atoms with Crippen LogP contribution in [-0.2, 0) is 32.7 Å². The van der Waals surface area contributed by atoms with Crippen molar-refractivity contribution in [2.24, 2.45) is 0 Å². The van der Waals surface area contributed by atoms with Gasteiger partial charge in [-0.25, -0.2) is 9.36 Å². The van der Waals surface area contributed by atoms with E-state index in [9.17, 15) is 28.9 Å². The van der Waals surface area contributed by atoms with Crippen LogP contribution >= 0.6 is 7.82 Å². The Bertz CT molecular complexity index is 916. The fourth-order valence-electron chi connectivity index (χ4n) is 3.38. The number of aliphatic hydroxyl groups is 1. The van der Waals surface area contributed by atoms with Gasteiger partial charge in [-0.3, -0.25) is 18.6 Å². The first-order valence-electron chi connectivity index (χ1n) is 14.6. The first kappa shape index (κ1) is 39.4. The molecule has 240 valence electrons. The van der Waals surface area contributed by atoms with E-state index >= 15 is 0 Å². The van der Waals surface area contributed by atoms with Gasteiger partial charge < -0.3 is 25.2 Å². The normalized spacial score (nSPS) is 15.0. The molecular formula is C30H50NO10P. The number of carboxylic acid groups (broad SMARTS) is 1. The third-order valence-corrected chi connectivity index (χ3v) is 6.61. The number of carboxylic acids is 1. The van der Waals surface area contributed by atoms with Crippen molar-refractivity contribution in [3.05, 3.63) is 48.6 Å². The highest BCUT2D eigenvalue weighted by Gasteiger charge is 2.28. The van der Waals surface area contributed by atoms with Crippen LogP contribution < -0.4 is 5.32 Å². The molecule has 42 heavy (non-hydrogen) atoms. The number of amides is 1. The summed E-state index contributed by atoms with van der Waals surface area (Å²) in [6, 6.07) is -1.55. The molecule has 0 spiro atoms. The van der Waals surface area contributed by atoms with E-state index in [-0.39, 0.29) is 6.42 Å². The second kappa shape index (κ2) is 26.1. The number of allylic oxidation sites excluding steroid dienone is 8. The predicted octanol–water partition coefficient (Wildman–Crippen LogP) is 5.54. The Morgan fingerprint density at radius 1 is 0.786 bits per heavy atom. The Morgan fingerprint density at radius 3 is 1.83 bits per heavy atom. The Balaban J connectivity index is 3.83. The molecule has 0 rings (SSSR count). The maximum atomic E-state index is 11.8. The largest absolute Gasteiger partial charge is 0.480 e. The predicted molar refractivity (Wildman–Crippen MR) is 162 cm³/mol. The molecule has 0 fully saturated rings. The number of phosphoric ester groups is 1. The second-order valence-corrected chi connectivity index (χ2v) is 11.1. The molecule has 0 aromatic carbocycles. The first-order valence-corrected chi connectivity index (χ1v) is 16.1. The van der Waals surface area contributed by atoms with Crippen LogP contribution in [0.2, 0.25) is 0 Å². The molecule has 0 radical (unpaired) electrons. The van der Waals surface area contributed by atoms with E-state index in [1.807, 2.05) is 5.32 Å². The van der Waals surface area contributed by atoms with Gasteiger partial charge in [0, 0.05) is 13.3 Å². The highest BCUT2D eigenvalue weighted by molar-refractivity contribution is 7.47. The van der Waals surface area contributed by atoms with Crippen molar-refractivity contribution < 1.29 is 47.8 Å². The Morgan fingerprint density at radius 2 is 1.31 bits per heavy atom. The fraction of sp³-hybridized carbons (Fsp3) is 0.633. The molecule has 0 heterocycles. The first-order chi connectivity index (χ1) is 20.1. The lowest BCUT2D eigenvalue weighted by atomic mass is 10.1. The van der Waals surface area contributed by atoms with Crippen LogP contribution in [0.5, 0.6) is 0 Å². The smallest absolute Gasteiger partial charge is 0.472 e. The average molecular weight is 616 g/mol. The minimum absolute atomic E-state index is 0.184. The molecule has 0 aliphatic rings. The zero-order valence-corrected chi connectivity index (χ0v) is 25.9. The maximum Gasteiger partial charge on any atom is 0.472 e. The zero-order chi connectivity index (χ0) is 31.5. The maximum absolute atomic E-state index is 11.8. The SMILES string of the molecule is CCCCC/C=C\C/C=C\C/C=C\C/C=C\CCCCCC(=O)OCC(O)COP(=O)(O)OCC(NC(C)=O)C(=O)O. The van der Waals surface area contributed by atoms with Gasteiger partial charge in [-0.2, -0.15) is 0 Å². The summed E-state index contributed by atoms with van der Waals surface area (Å²) in [5.74, 6) is -2.63. The lowest BCUT2D eigenvalue weighted by Gasteiger charge is -2.18. The van der Waals surface area contributed by atoms with Crippen LogP contribution in [0.15, 0.2) is 48.6 Å². The Labute approximate surface area is 250 Å². The van der Waals surface area contributed by atoms with E-state index < -0.39 is 57.6 Å². The number of hydrogen-bond donors (Lipinski definition) is 4. The summed E-state index contributed by atoms with van der Waals surface area (Å²) >= 11 is 0. The molecule has 0 aromatic heterocycles. The molecular weight excluding hydrogens is 565 g/mol. The van der Waals surface area contributed by atoms with Crippen molar-refractivity contribution in [2.45, 2.75) is 103 Å². The van der Waals surface area contributed by atoms with Gasteiger partial charge in [0.05, 0.1) is 13.2 Å². The molecule has 0 aliphatic carbocycles. The van der Waals surface area contributed by atoms with E-state index in [4.69, 9.17) is 9.84 Å². The van der Waals surface area contributed by atoms with Crippen molar-refractivity contribution in [3.8, 4) is 0 Å². The molecule has 12 heteroatoms. The number of esters is 1. The quantitative estimate of drug-likeness (QED) is 0.0420. The minimum atomic E-state index is -4.71. The second-order valence-electron chi connectivity index (χ2n) is 9.68. The summed E-state index contributed by atoms with van der Waals surface area (Å²) < 4.78 is 25.9. The van der Waals surface area contributed by atoms with E-state index in [2.05, 4.69) is 64.6 Å². The number of hydrogen-bond acceptors (Lipinski definition) is 8. The van der Waals surface area contributed by atoms with Gasteiger partial charge in [-0.05, 0) is 51.4 Å². The summed E-state index contributed by atoms with van der Waals surface area (Å²) in [7, 11) is -4.71. The lowest BCUT2D eigenvalue weighted by Crippen LogP contribution is -2.42. The third-order valence-electron chi connectivity index (χ3n) is 5.66. The number of ether oxygens (including phenoxy) is 1. The van der Waals surface area contributed by atoms with Crippen molar-refractivity contribution in [2.75, 3.05) is 19.8 Å². The van der Waals surface area contributed by atoms with Crippen LogP contribution in [0.1, 0.15) is 90.9 Å². The summed E-state index contributed by atoms with van der Waals surface area (Å²) in [6.07, 6.45) is 27.4. The number of unbranched alkanes of at least 4 members (excludes halogenated alkanes) is 6. The minimum Gasteiger partial charge on any atom is -0.480 e. The third kappa shape index (κ3) is 26.3. The van der Waals surface area contributed by atoms with Crippen molar-refractivity contribution >= 4 is 25.7 Å². The molecule has 0 bridgehead atoms. The van der Waals surface area contributed by atoms with Crippen LogP contribution in [0.3, 0.4) is 0 Å². The number of carbonyl (C=O) groups excluding carboxylic acids is 2. The van der Waals surface area contributed by atoms with Gasteiger partial charge in [-0.1, -0.05) is 74.8 Å². The number of nitrogens with one attached hydrogen (secondary N) is 1. The zero-order valence-electron chi connectivity index (χ0n) is 25.0. The number of rotatable bonds is 26. The molecule has 0 aromatic rings. The van der Waals surface area contributed by atoms with Crippen molar-refractivity contribution in [3.63, 3.8) is 0 Å². The van der Waals surface area contributed by atoms with Gasteiger partial charge in [0.1, 0.15) is 12.7 Å². The van der Waals surface area contributed by atoms with Gasteiger partial charge in [0.25, 0.3) is 0 Å². The van der Waals surface area contributed by atoms with E-state index in [1.165, 1.54) is 25.7 Å². The molecule has 3 unspecified atom stereocenters. The molecule has 3 atom stereocenters. The van der Waals surface area contributed by atoms with Gasteiger partial charge >= 0.3 is 19.8 Å². The average Bonchev–Trinajstić information content (AvgIpc) is 2.94. The standard InChI is InChI=1S/C30H50NO10P/c1-3-4-5-6-7-8-9-10-11-12-13-14-15-16-17-18-19-20-21-22-29(34)39-23-27(33)24-40-42(37,38)41-25-28(30(35)36)31-26(2)32/h7-8,10-11,13-14,16-17,27-28,33H,3-6,9,12,15,18-25H2,1-2H3,(H,31,32)(H,35,36)(H,37,38)/b8-7-,11-10-,14-13-,17-16-. The number of carbonyl (C=O) groups is 3. The number of aliphatic hydroxyl groups excluding tert-OH is 1. The molecule has 4 N–H and O–H groups in total. The molecule has 0 aliphatic heterocycles. The highest BCUT2D eigenvalue weighted by atomic mass is 31.2. The topological polar surface area (TPSA) is 169 Å². The van der Waals surface area contributed by atoms with Crippen LogP contribution in [0, 0.1) is 0 Å². The molecule has 1 amide bonds. The molecule has 11 nitrogen and oxygen atoms in total. The fourth-order valence-corrected chi connectivity index (χ4v) is 4.16. The van der Waals surface area contributed by atoms with E-state index in [0.717, 1.165) is 45.4 Å². The van der Waals surface area contributed by atoms with Gasteiger partial charge in [-0.15, -0.1) is 0 Å². The Hall–Kier alpha value is -2.56. The van der Waals surface area contributed by atoms with E-state index in [1.54, 1.807) is 0 Å². The van der Waals surface area contributed by atoms with Crippen molar-refractivity contribution in [1.82, 2.24) is 5.32 Å². The highest BCUT2D eigenvalue weighted by Crippen LogP contribution is 2.43. The van der Waals surface area contributed by atoms with Gasteiger partial charge in [0.15, 0.2) is 6.04 Å². The van der Waals surface area contributed by atoms with Crippen LogP contribution in [0.25, 0.3) is 0 Å². The van der Waals surface area contributed by atoms with E-state index in [0.29, 0.717) is 6.42 Å². The van der Waals surface area contributed by atoms with Crippen molar-refractivity contribution in [1.29, 1.82) is 0 Å². The summed E-state index contributed by atoms with van der Waals surface area (Å²) in [5.41, 5.74) is 0.